The van der Waals surface area contributed by atoms with E-state index >= 15 is 0 Å². The van der Waals surface area contributed by atoms with Gasteiger partial charge in [-0.1, -0.05) is 229 Å². The topological polar surface area (TPSA) is 175 Å². The van der Waals surface area contributed by atoms with Crippen LogP contribution in [0.3, 0.4) is 0 Å². The number of aliphatic hydroxyl groups excluding tert-OH is 5. The summed E-state index contributed by atoms with van der Waals surface area (Å²) >= 11 is 0. The average molecular weight is 1030 g/mol. The maximum Gasteiger partial charge on any atom is 0.306 e. The number of amides is 1. The van der Waals surface area contributed by atoms with Crippen molar-refractivity contribution < 1.29 is 49.3 Å². The fourth-order valence-electron chi connectivity index (χ4n) is 9.05. The molecular formula is C62H111NO10. The number of carbonyl (C=O) groups excluding carboxylic acids is 2. The van der Waals surface area contributed by atoms with Crippen molar-refractivity contribution in [1.82, 2.24) is 5.32 Å². The minimum atomic E-state index is -1.62. The summed E-state index contributed by atoms with van der Waals surface area (Å²) < 4.78 is 17.6. The van der Waals surface area contributed by atoms with Crippen molar-refractivity contribution in [3.05, 3.63) is 60.8 Å². The standard InChI is InChI=1S/C62H111NO10/c1-4-7-10-13-16-19-22-23-24-25-26-27-28-29-30-31-32-33-35-38-41-44-47-50-57(67)73-60-59(69)58(68)56(51-64)72-62(60)71-52-53(54(65)48-45-42-39-37-34-20-17-14-11-8-5-2)63-61(70)55(66)49-46-43-40-36-21-18-15-12-9-6-3/h15-16,18-19,23-24,26-27,45,48,53-56,58-60,62,64-66,68-69H,4-14,17,20-22,25,28-44,46-47,49-52H2,1-3H3,(H,63,70)/b18-15-,19-16-,24-23-,27-26-,48-45+. The summed E-state index contributed by atoms with van der Waals surface area (Å²) in [6, 6.07) is -1.03. The normalized spacial score (nSPS) is 19.8. The number of esters is 1. The lowest BCUT2D eigenvalue weighted by molar-refractivity contribution is -0.305. The van der Waals surface area contributed by atoms with E-state index in [9.17, 15) is 35.1 Å². The minimum Gasteiger partial charge on any atom is -0.454 e. The summed E-state index contributed by atoms with van der Waals surface area (Å²) in [5.74, 6) is -1.21. The van der Waals surface area contributed by atoms with Gasteiger partial charge in [-0.3, -0.25) is 9.59 Å². The van der Waals surface area contributed by atoms with E-state index in [1.165, 1.54) is 122 Å². The van der Waals surface area contributed by atoms with E-state index in [2.05, 4.69) is 74.7 Å². The molecule has 6 N–H and O–H groups in total. The zero-order valence-electron chi connectivity index (χ0n) is 46.7. The van der Waals surface area contributed by atoms with Gasteiger partial charge in [-0.05, 0) is 83.5 Å². The van der Waals surface area contributed by atoms with Gasteiger partial charge in [-0.15, -0.1) is 0 Å². The first-order valence-corrected chi connectivity index (χ1v) is 30.1. The van der Waals surface area contributed by atoms with E-state index in [1.807, 2.05) is 6.08 Å². The molecule has 0 bridgehead atoms. The molecule has 11 heteroatoms. The lowest BCUT2D eigenvalue weighted by Gasteiger charge is -2.41. The van der Waals surface area contributed by atoms with Crippen LogP contribution in [0.5, 0.6) is 0 Å². The molecule has 1 rings (SSSR count). The van der Waals surface area contributed by atoms with E-state index < -0.39 is 67.4 Å². The third-order valence-electron chi connectivity index (χ3n) is 13.9. The summed E-state index contributed by atoms with van der Waals surface area (Å²) in [7, 11) is 0. The second kappa shape index (κ2) is 50.2. The first-order chi connectivity index (χ1) is 35.7. The van der Waals surface area contributed by atoms with Crippen molar-refractivity contribution in [3.63, 3.8) is 0 Å². The number of rotatable bonds is 50. The van der Waals surface area contributed by atoms with Gasteiger partial charge in [0, 0.05) is 6.42 Å². The summed E-state index contributed by atoms with van der Waals surface area (Å²) in [6.07, 6.45) is 51.3. The van der Waals surface area contributed by atoms with Crippen LogP contribution in [0.2, 0.25) is 0 Å². The Morgan fingerprint density at radius 2 is 0.959 bits per heavy atom. The monoisotopic (exact) mass is 1030 g/mol. The van der Waals surface area contributed by atoms with Crippen molar-refractivity contribution in [1.29, 1.82) is 0 Å². The second-order valence-corrected chi connectivity index (χ2v) is 20.7. The molecule has 1 amide bonds. The van der Waals surface area contributed by atoms with Crippen molar-refractivity contribution in [3.8, 4) is 0 Å². The summed E-state index contributed by atoms with van der Waals surface area (Å²) in [6.45, 7) is 5.69. The number of unbranched alkanes of at least 4 members (excludes halogenated alkanes) is 28. The Balaban J connectivity index is 2.61. The molecule has 1 heterocycles. The molecule has 1 fully saturated rings. The van der Waals surface area contributed by atoms with Gasteiger partial charge in [-0.2, -0.15) is 0 Å². The third-order valence-corrected chi connectivity index (χ3v) is 13.9. The molecule has 424 valence electrons. The lowest BCUT2D eigenvalue weighted by atomic mass is 9.99. The van der Waals surface area contributed by atoms with Gasteiger partial charge < -0.3 is 45.1 Å². The molecule has 11 nitrogen and oxygen atoms in total. The minimum absolute atomic E-state index is 0.117. The molecule has 0 aromatic heterocycles. The third kappa shape index (κ3) is 38.5. The van der Waals surface area contributed by atoms with E-state index in [4.69, 9.17) is 14.2 Å². The number of ether oxygens (including phenoxy) is 3. The van der Waals surface area contributed by atoms with Gasteiger partial charge in [0.1, 0.15) is 24.4 Å². The Bertz CT molecular complexity index is 1420. The van der Waals surface area contributed by atoms with Gasteiger partial charge in [0.05, 0.1) is 25.4 Å². The van der Waals surface area contributed by atoms with Gasteiger partial charge in [0.25, 0.3) is 0 Å². The van der Waals surface area contributed by atoms with Crippen LogP contribution in [0, 0.1) is 0 Å². The SMILES string of the molecule is CCCC/C=C\CCCCCCC(O)C(=O)NC(COC1OC(CO)C(O)C(O)C1OC(=O)CCCCCCCCCCCC/C=C\C/C=C\C/C=C\CCCCC)C(O)/C=C/CCCCCCCCCCC. The second-order valence-electron chi connectivity index (χ2n) is 20.7. The first kappa shape index (κ1) is 68.4. The number of allylic oxidation sites excluding steroid dienone is 9. The van der Waals surface area contributed by atoms with Gasteiger partial charge in [0.2, 0.25) is 5.91 Å². The molecular weight excluding hydrogens is 919 g/mol. The van der Waals surface area contributed by atoms with E-state index in [1.54, 1.807) is 6.08 Å². The Labute approximate surface area is 446 Å². The molecule has 8 atom stereocenters. The number of nitrogens with one attached hydrogen (secondary N) is 1. The molecule has 0 spiro atoms. The van der Waals surface area contributed by atoms with Gasteiger partial charge in [0.15, 0.2) is 12.4 Å². The summed E-state index contributed by atoms with van der Waals surface area (Å²) in [4.78, 5) is 26.4. The van der Waals surface area contributed by atoms with Crippen LogP contribution >= 0.6 is 0 Å². The smallest absolute Gasteiger partial charge is 0.306 e. The summed E-state index contributed by atoms with van der Waals surface area (Å²) in [5, 5.41) is 56.7. The molecule has 1 saturated heterocycles. The zero-order chi connectivity index (χ0) is 53.3. The van der Waals surface area contributed by atoms with Gasteiger partial charge in [-0.25, -0.2) is 0 Å². The highest BCUT2D eigenvalue weighted by molar-refractivity contribution is 5.80. The van der Waals surface area contributed by atoms with E-state index in [0.29, 0.717) is 12.8 Å². The Hall–Kier alpha value is -2.64. The molecule has 0 radical (unpaired) electrons. The summed E-state index contributed by atoms with van der Waals surface area (Å²) in [5.41, 5.74) is 0. The molecule has 0 saturated carbocycles. The zero-order valence-corrected chi connectivity index (χ0v) is 46.7. The van der Waals surface area contributed by atoms with Crippen molar-refractivity contribution >= 4 is 11.9 Å². The van der Waals surface area contributed by atoms with Crippen LogP contribution in [0.25, 0.3) is 0 Å². The van der Waals surface area contributed by atoms with E-state index in [-0.39, 0.29) is 19.4 Å². The fraction of sp³-hybridized carbons (Fsp3) is 0.806. The Morgan fingerprint density at radius 3 is 1.49 bits per heavy atom. The average Bonchev–Trinajstić information content (AvgIpc) is 3.39. The largest absolute Gasteiger partial charge is 0.454 e. The van der Waals surface area contributed by atoms with Crippen LogP contribution < -0.4 is 5.32 Å². The predicted molar refractivity (Wildman–Crippen MR) is 301 cm³/mol. The highest BCUT2D eigenvalue weighted by Gasteiger charge is 2.47. The van der Waals surface area contributed by atoms with Gasteiger partial charge >= 0.3 is 5.97 Å². The molecule has 73 heavy (non-hydrogen) atoms. The van der Waals surface area contributed by atoms with Crippen molar-refractivity contribution in [2.24, 2.45) is 0 Å². The van der Waals surface area contributed by atoms with Crippen LogP contribution in [0.4, 0.5) is 0 Å². The number of hydrogen-bond donors (Lipinski definition) is 6. The molecule has 1 aliphatic heterocycles. The first-order valence-electron chi connectivity index (χ1n) is 30.1. The maximum atomic E-state index is 13.3. The fourth-order valence-corrected chi connectivity index (χ4v) is 9.05. The van der Waals surface area contributed by atoms with Crippen LogP contribution in [-0.4, -0.2) is 99.6 Å². The Kier molecular flexibility index (Phi) is 47.0. The Morgan fingerprint density at radius 1 is 0.534 bits per heavy atom. The maximum absolute atomic E-state index is 13.3. The van der Waals surface area contributed by atoms with Crippen LogP contribution in [-0.2, 0) is 23.8 Å². The molecule has 0 aliphatic carbocycles. The quantitative estimate of drug-likeness (QED) is 0.0195. The molecule has 0 aromatic rings. The van der Waals surface area contributed by atoms with Crippen LogP contribution in [0.1, 0.15) is 258 Å². The lowest BCUT2D eigenvalue weighted by Crippen LogP contribution is -2.61. The highest BCUT2D eigenvalue weighted by Crippen LogP contribution is 2.26. The molecule has 1 aliphatic rings. The predicted octanol–water partition coefficient (Wildman–Crippen LogP) is 13.8. The molecule has 8 unspecified atom stereocenters. The number of hydrogen-bond acceptors (Lipinski definition) is 10. The van der Waals surface area contributed by atoms with Crippen LogP contribution in [0.15, 0.2) is 60.8 Å². The number of carbonyl (C=O) groups is 2. The number of aliphatic hydroxyl groups is 5. The van der Waals surface area contributed by atoms with Crippen molar-refractivity contribution in [2.45, 2.75) is 307 Å². The molecule has 0 aromatic carbocycles. The highest BCUT2D eigenvalue weighted by atomic mass is 16.7. The van der Waals surface area contributed by atoms with Crippen molar-refractivity contribution in [2.75, 3.05) is 13.2 Å². The van der Waals surface area contributed by atoms with E-state index in [0.717, 1.165) is 89.9 Å².